The Morgan fingerprint density at radius 3 is 1.75 bits per heavy atom. The molecule has 0 aromatic rings. The van der Waals surface area contributed by atoms with Crippen LogP contribution in [-0.2, 0) is 4.74 Å². The highest BCUT2D eigenvalue weighted by Crippen LogP contribution is 1.81. The van der Waals surface area contributed by atoms with Crippen LogP contribution >= 0.6 is 0 Å². The van der Waals surface area contributed by atoms with Crippen molar-refractivity contribution in [1.82, 2.24) is 5.32 Å². The highest BCUT2D eigenvalue weighted by Gasteiger charge is 1.72. The van der Waals surface area contributed by atoms with Crippen molar-refractivity contribution in [2.75, 3.05) is 0 Å². The van der Waals surface area contributed by atoms with Crippen LogP contribution < -0.4 is 5.32 Å². The van der Waals surface area contributed by atoms with Crippen molar-refractivity contribution in [2.45, 2.75) is 13.8 Å². The molecule has 2 heteroatoms. The summed E-state index contributed by atoms with van der Waals surface area (Å²) in [6.07, 6.45) is 6.56. The van der Waals surface area contributed by atoms with Gasteiger partial charge in [-0.05, 0) is 0 Å². The molecule has 0 amide bonds. The number of hydrogen-bond donors (Lipinski definition) is 1. The van der Waals surface area contributed by atoms with Crippen LogP contribution in [0.3, 0.4) is 0 Å². The van der Waals surface area contributed by atoms with Gasteiger partial charge in [0.05, 0.1) is 0 Å². The average molecular weight is 113 g/mol. The molecule has 46 valence electrons. The second-order valence-corrected chi connectivity index (χ2v) is 0.908. The van der Waals surface area contributed by atoms with E-state index >= 15 is 0 Å². The standard InChI is InChI=1S/C4H5NO.C2H6/c1-3-6-4-2-5-1;1-2/h1-5H;1-2H3. The summed E-state index contributed by atoms with van der Waals surface area (Å²) in [5, 5.41) is 2.80. The van der Waals surface area contributed by atoms with Gasteiger partial charge in [-0.25, -0.2) is 0 Å². The molecule has 0 aromatic carbocycles. The zero-order chi connectivity index (χ0) is 6.24. The monoisotopic (exact) mass is 113 g/mol. The summed E-state index contributed by atoms with van der Waals surface area (Å²) in [6.45, 7) is 4.00. The predicted molar refractivity (Wildman–Crippen MR) is 33.8 cm³/mol. The molecule has 1 heterocycles. The van der Waals surface area contributed by atoms with E-state index < -0.39 is 0 Å². The van der Waals surface area contributed by atoms with Crippen molar-refractivity contribution in [1.29, 1.82) is 0 Å². The van der Waals surface area contributed by atoms with E-state index in [1.165, 1.54) is 0 Å². The zero-order valence-electron chi connectivity index (χ0n) is 5.22. The van der Waals surface area contributed by atoms with Gasteiger partial charge >= 0.3 is 0 Å². The van der Waals surface area contributed by atoms with Gasteiger partial charge in [0.1, 0.15) is 12.5 Å². The molecular weight excluding hydrogens is 102 g/mol. The lowest BCUT2D eigenvalue weighted by Gasteiger charge is -1.94. The third-order valence-electron chi connectivity index (χ3n) is 0.486. The molecule has 0 saturated carbocycles. The molecular formula is C6H11NO. The Bertz CT molecular complexity index is 66.5. The van der Waals surface area contributed by atoms with Gasteiger partial charge in [-0.15, -0.1) is 0 Å². The number of rotatable bonds is 0. The van der Waals surface area contributed by atoms with Crippen molar-refractivity contribution in [2.24, 2.45) is 0 Å². The van der Waals surface area contributed by atoms with Crippen LogP contribution in [0.1, 0.15) is 13.8 Å². The van der Waals surface area contributed by atoms with Gasteiger partial charge in [-0.2, -0.15) is 0 Å². The Labute approximate surface area is 49.8 Å². The maximum atomic E-state index is 4.65. The minimum Gasteiger partial charge on any atom is -0.470 e. The van der Waals surface area contributed by atoms with Gasteiger partial charge in [0.25, 0.3) is 0 Å². The first-order valence-electron chi connectivity index (χ1n) is 2.72. The molecule has 0 fully saturated rings. The molecule has 0 radical (unpaired) electrons. The smallest absolute Gasteiger partial charge is 0.106 e. The lowest BCUT2D eigenvalue weighted by molar-refractivity contribution is 0.390. The van der Waals surface area contributed by atoms with E-state index in [0.29, 0.717) is 0 Å². The van der Waals surface area contributed by atoms with Crippen LogP contribution in [0.4, 0.5) is 0 Å². The van der Waals surface area contributed by atoms with E-state index in [1.807, 2.05) is 13.8 Å². The summed E-state index contributed by atoms with van der Waals surface area (Å²) in [7, 11) is 0. The van der Waals surface area contributed by atoms with Crippen molar-refractivity contribution < 1.29 is 4.74 Å². The summed E-state index contributed by atoms with van der Waals surface area (Å²) in [5.41, 5.74) is 0. The van der Waals surface area contributed by atoms with Gasteiger partial charge in [0, 0.05) is 12.4 Å². The lowest BCUT2D eigenvalue weighted by Crippen LogP contribution is -1.94. The van der Waals surface area contributed by atoms with Crippen LogP contribution in [-0.4, -0.2) is 0 Å². The molecule has 1 N–H and O–H groups in total. The Morgan fingerprint density at radius 1 is 1.12 bits per heavy atom. The van der Waals surface area contributed by atoms with Crippen LogP contribution in [0.5, 0.6) is 0 Å². The Hall–Kier alpha value is -0.920. The molecule has 0 bridgehead atoms. The first-order valence-corrected chi connectivity index (χ1v) is 2.72. The van der Waals surface area contributed by atoms with Crippen molar-refractivity contribution in [3.63, 3.8) is 0 Å². The van der Waals surface area contributed by atoms with Crippen LogP contribution in [0.15, 0.2) is 24.9 Å². The van der Waals surface area contributed by atoms with E-state index in [4.69, 9.17) is 0 Å². The summed E-state index contributed by atoms with van der Waals surface area (Å²) in [4.78, 5) is 0. The third kappa shape index (κ3) is 3.28. The SMILES string of the molecule is C1=COC=CN1.CC. The van der Waals surface area contributed by atoms with E-state index in [0.717, 1.165) is 0 Å². The first-order chi connectivity index (χ1) is 4.00. The molecule has 8 heavy (non-hydrogen) atoms. The zero-order valence-corrected chi connectivity index (χ0v) is 5.22. The summed E-state index contributed by atoms with van der Waals surface area (Å²) >= 11 is 0. The topological polar surface area (TPSA) is 21.3 Å². The lowest BCUT2D eigenvalue weighted by atomic mass is 10.8. The third-order valence-corrected chi connectivity index (χ3v) is 0.486. The molecule has 1 aliphatic rings. The van der Waals surface area contributed by atoms with Gasteiger partial charge in [-0.1, -0.05) is 13.8 Å². The fourth-order valence-electron chi connectivity index (χ4n) is 0.258. The van der Waals surface area contributed by atoms with Crippen molar-refractivity contribution >= 4 is 0 Å². The van der Waals surface area contributed by atoms with Crippen molar-refractivity contribution in [3.05, 3.63) is 24.9 Å². The molecule has 2 nitrogen and oxygen atoms in total. The second kappa shape index (κ2) is 6.08. The normalized spacial score (nSPS) is 12.8. The van der Waals surface area contributed by atoms with Gasteiger partial charge in [0.2, 0.25) is 0 Å². The van der Waals surface area contributed by atoms with Crippen LogP contribution in [0.25, 0.3) is 0 Å². The number of ether oxygens (including phenoxy) is 1. The fraction of sp³-hybridized carbons (Fsp3) is 0.333. The molecule has 0 aromatic heterocycles. The number of hydrogen-bond acceptors (Lipinski definition) is 2. The molecule has 0 spiro atoms. The summed E-state index contributed by atoms with van der Waals surface area (Å²) in [5.74, 6) is 0. The van der Waals surface area contributed by atoms with Gasteiger partial charge in [0.15, 0.2) is 0 Å². The average Bonchev–Trinajstić information content (AvgIpc) is 1.96. The van der Waals surface area contributed by atoms with Gasteiger partial charge in [-0.3, -0.25) is 0 Å². The predicted octanol–water partition coefficient (Wildman–Crippen LogP) is 1.57. The number of nitrogens with one attached hydrogen (secondary N) is 1. The second-order valence-electron chi connectivity index (χ2n) is 0.908. The van der Waals surface area contributed by atoms with Crippen LogP contribution in [0.2, 0.25) is 0 Å². The molecule has 1 rings (SSSR count). The molecule has 1 aliphatic heterocycles. The van der Waals surface area contributed by atoms with E-state index in [-0.39, 0.29) is 0 Å². The molecule has 0 aliphatic carbocycles. The Balaban J connectivity index is 0.000000222. The van der Waals surface area contributed by atoms with E-state index in [9.17, 15) is 0 Å². The Morgan fingerprint density at radius 2 is 1.62 bits per heavy atom. The molecule has 0 unspecified atom stereocenters. The largest absolute Gasteiger partial charge is 0.470 e. The van der Waals surface area contributed by atoms with E-state index in [1.54, 1.807) is 24.9 Å². The molecule has 0 atom stereocenters. The maximum Gasteiger partial charge on any atom is 0.106 e. The quantitative estimate of drug-likeness (QED) is 0.515. The highest BCUT2D eigenvalue weighted by molar-refractivity contribution is 4.87. The maximum absolute atomic E-state index is 4.65. The Kier molecular flexibility index (Phi) is 5.38. The summed E-state index contributed by atoms with van der Waals surface area (Å²) in [6, 6.07) is 0. The van der Waals surface area contributed by atoms with Gasteiger partial charge < -0.3 is 10.1 Å². The van der Waals surface area contributed by atoms with E-state index in [2.05, 4.69) is 10.1 Å². The van der Waals surface area contributed by atoms with Crippen LogP contribution in [0, 0.1) is 0 Å². The van der Waals surface area contributed by atoms with Crippen molar-refractivity contribution in [3.8, 4) is 0 Å². The highest BCUT2D eigenvalue weighted by atomic mass is 16.5. The molecule has 0 saturated heterocycles. The first kappa shape index (κ1) is 7.08. The summed E-state index contributed by atoms with van der Waals surface area (Å²) < 4.78 is 4.65. The minimum absolute atomic E-state index is 1.57. The fourth-order valence-corrected chi connectivity index (χ4v) is 0.258. The minimum atomic E-state index is 1.57.